The third kappa shape index (κ3) is 6.36. The van der Waals surface area contributed by atoms with E-state index in [4.69, 9.17) is 14.2 Å². The molecule has 26 heavy (non-hydrogen) atoms. The van der Waals surface area contributed by atoms with Crippen LogP contribution in [-0.2, 0) is 20.7 Å². The van der Waals surface area contributed by atoms with Crippen molar-refractivity contribution in [3.05, 3.63) is 35.3 Å². The second-order valence-electron chi connectivity index (χ2n) is 5.28. The van der Waals surface area contributed by atoms with E-state index in [9.17, 15) is 9.59 Å². The molecule has 0 saturated heterocycles. The molecular formula is C18H22N2O5S. The Labute approximate surface area is 156 Å². The molecule has 0 saturated carbocycles. The minimum absolute atomic E-state index is 0.104. The van der Waals surface area contributed by atoms with Gasteiger partial charge in [-0.05, 0) is 25.5 Å². The fourth-order valence-electron chi connectivity index (χ4n) is 2.14. The lowest BCUT2D eigenvalue weighted by molar-refractivity contribution is -0.142. The van der Waals surface area contributed by atoms with E-state index in [1.807, 2.05) is 24.3 Å². The number of amides is 1. The number of benzene rings is 1. The largest absolute Gasteiger partial charge is 0.493 e. The molecule has 8 heteroatoms. The van der Waals surface area contributed by atoms with Crippen molar-refractivity contribution >= 4 is 28.3 Å². The number of para-hydroxylation sites is 2. The molecule has 1 amide bonds. The van der Waals surface area contributed by atoms with Crippen molar-refractivity contribution in [2.75, 3.05) is 25.6 Å². The number of methoxy groups -OCH3 is 1. The third-order valence-electron chi connectivity index (χ3n) is 3.30. The van der Waals surface area contributed by atoms with Crippen LogP contribution < -0.4 is 14.8 Å². The summed E-state index contributed by atoms with van der Waals surface area (Å²) in [5.41, 5.74) is 0.586. The fraction of sp³-hybridized carbons (Fsp3) is 0.389. The van der Waals surface area contributed by atoms with Gasteiger partial charge >= 0.3 is 5.97 Å². The summed E-state index contributed by atoms with van der Waals surface area (Å²) in [6.07, 6.45) is 0.972. The molecule has 7 nitrogen and oxygen atoms in total. The minimum Gasteiger partial charge on any atom is -0.493 e. The summed E-state index contributed by atoms with van der Waals surface area (Å²) in [4.78, 5) is 27.6. The van der Waals surface area contributed by atoms with E-state index in [1.165, 1.54) is 11.3 Å². The fourth-order valence-corrected chi connectivity index (χ4v) is 2.87. The molecule has 0 atom stereocenters. The van der Waals surface area contributed by atoms with Crippen LogP contribution in [0.25, 0.3) is 0 Å². The van der Waals surface area contributed by atoms with Crippen LogP contribution in [0.2, 0.25) is 0 Å². The van der Waals surface area contributed by atoms with Gasteiger partial charge in [-0.1, -0.05) is 12.1 Å². The lowest BCUT2D eigenvalue weighted by Crippen LogP contribution is -2.13. The van der Waals surface area contributed by atoms with E-state index < -0.39 is 0 Å². The number of nitrogens with one attached hydrogen (secondary N) is 1. The highest BCUT2D eigenvalue weighted by Gasteiger charge is 2.10. The molecule has 1 aromatic carbocycles. The first kappa shape index (κ1) is 19.7. The molecule has 1 heterocycles. The summed E-state index contributed by atoms with van der Waals surface area (Å²) in [5.74, 6) is 0.836. The predicted octanol–water partition coefficient (Wildman–Crippen LogP) is 3.06. The maximum atomic E-state index is 12.0. The number of ether oxygens (including phenoxy) is 3. The number of hydrogen-bond donors (Lipinski definition) is 1. The number of carbonyl (C=O) groups is 2. The van der Waals surface area contributed by atoms with E-state index in [0.29, 0.717) is 48.4 Å². The SMILES string of the molecule is CCOC(=O)Cc1csc(NC(=O)CCCOc2ccccc2OC)n1. The van der Waals surface area contributed by atoms with Crippen LogP contribution in [0.15, 0.2) is 29.6 Å². The standard InChI is InChI=1S/C18H22N2O5S/c1-3-24-17(22)11-13-12-26-18(19-13)20-16(21)9-6-10-25-15-8-5-4-7-14(15)23-2/h4-5,7-8,12H,3,6,9-11H2,1-2H3,(H,19,20,21). The van der Waals surface area contributed by atoms with Gasteiger partial charge in [0.2, 0.25) is 5.91 Å². The van der Waals surface area contributed by atoms with Crippen molar-refractivity contribution in [2.45, 2.75) is 26.2 Å². The van der Waals surface area contributed by atoms with Crippen LogP contribution in [0.1, 0.15) is 25.5 Å². The number of thiazole rings is 1. The van der Waals surface area contributed by atoms with Crippen molar-refractivity contribution in [3.8, 4) is 11.5 Å². The maximum absolute atomic E-state index is 12.0. The van der Waals surface area contributed by atoms with Gasteiger partial charge in [0.25, 0.3) is 0 Å². The van der Waals surface area contributed by atoms with Crippen LogP contribution in [0.3, 0.4) is 0 Å². The number of esters is 1. The van der Waals surface area contributed by atoms with Gasteiger partial charge in [-0.2, -0.15) is 0 Å². The molecule has 0 aliphatic carbocycles. The topological polar surface area (TPSA) is 86.8 Å². The van der Waals surface area contributed by atoms with E-state index in [-0.39, 0.29) is 18.3 Å². The first-order valence-electron chi connectivity index (χ1n) is 8.28. The highest BCUT2D eigenvalue weighted by atomic mass is 32.1. The Morgan fingerprint density at radius 3 is 2.73 bits per heavy atom. The highest BCUT2D eigenvalue weighted by molar-refractivity contribution is 7.13. The Morgan fingerprint density at radius 1 is 1.23 bits per heavy atom. The Morgan fingerprint density at radius 2 is 2.00 bits per heavy atom. The average molecular weight is 378 g/mol. The van der Waals surface area contributed by atoms with Gasteiger partial charge in [-0.25, -0.2) is 4.98 Å². The summed E-state index contributed by atoms with van der Waals surface area (Å²) in [6, 6.07) is 7.36. The van der Waals surface area contributed by atoms with Crippen molar-refractivity contribution in [1.82, 2.24) is 4.98 Å². The van der Waals surface area contributed by atoms with Crippen LogP contribution in [-0.4, -0.2) is 37.2 Å². The summed E-state index contributed by atoms with van der Waals surface area (Å²) in [6.45, 7) is 2.49. The number of anilines is 1. The van der Waals surface area contributed by atoms with Gasteiger partial charge in [0.05, 0.1) is 32.4 Å². The number of nitrogens with zero attached hydrogens (tertiary/aromatic N) is 1. The molecule has 1 aromatic heterocycles. The Balaban J connectivity index is 1.70. The zero-order valence-corrected chi connectivity index (χ0v) is 15.6. The van der Waals surface area contributed by atoms with Crippen molar-refractivity contribution < 1.29 is 23.8 Å². The molecule has 0 bridgehead atoms. The molecule has 0 radical (unpaired) electrons. The summed E-state index contributed by atoms with van der Waals surface area (Å²) in [7, 11) is 1.58. The van der Waals surface area contributed by atoms with Gasteiger partial charge in [-0.3, -0.25) is 9.59 Å². The van der Waals surface area contributed by atoms with Gasteiger partial charge in [-0.15, -0.1) is 11.3 Å². The lowest BCUT2D eigenvalue weighted by Gasteiger charge is -2.09. The zero-order chi connectivity index (χ0) is 18.8. The molecule has 2 rings (SSSR count). The number of hydrogen-bond acceptors (Lipinski definition) is 7. The Kier molecular flexibility index (Phi) is 7.88. The average Bonchev–Trinajstić information content (AvgIpc) is 3.05. The van der Waals surface area contributed by atoms with Gasteiger partial charge < -0.3 is 19.5 Å². The Hall–Kier alpha value is -2.61. The number of rotatable bonds is 10. The molecule has 0 unspecified atom stereocenters. The first-order valence-corrected chi connectivity index (χ1v) is 9.16. The normalized spacial score (nSPS) is 10.2. The quantitative estimate of drug-likeness (QED) is 0.505. The van der Waals surface area contributed by atoms with Crippen molar-refractivity contribution in [2.24, 2.45) is 0 Å². The third-order valence-corrected chi connectivity index (χ3v) is 4.11. The number of aromatic nitrogens is 1. The molecule has 0 aliphatic heterocycles. The van der Waals surface area contributed by atoms with E-state index in [2.05, 4.69) is 10.3 Å². The van der Waals surface area contributed by atoms with Gasteiger partial charge in [0.15, 0.2) is 16.6 Å². The van der Waals surface area contributed by atoms with Gasteiger partial charge in [0.1, 0.15) is 0 Å². The predicted molar refractivity (Wildman–Crippen MR) is 98.8 cm³/mol. The monoisotopic (exact) mass is 378 g/mol. The van der Waals surface area contributed by atoms with Crippen molar-refractivity contribution in [3.63, 3.8) is 0 Å². The van der Waals surface area contributed by atoms with Crippen LogP contribution in [0.4, 0.5) is 5.13 Å². The lowest BCUT2D eigenvalue weighted by atomic mass is 10.3. The van der Waals surface area contributed by atoms with Crippen LogP contribution >= 0.6 is 11.3 Å². The minimum atomic E-state index is -0.329. The molecule has 0 aliphatic rings. The second-order valence-corrected chi connectivity index (χ2v) is 6.13. The van der Waals surface area contributed by atoms with Gasteiger partial charge in [0, 0.05) is 11.8 Å². The van der Waals surface area contributed by atoms with E-state index >= 15 is 0 Å². The molecular weight excluding hydrogens is 356 g/mol. The molecule has 2 aromatic rings. The van der Waals surface area contributed by atoms with E-state index in [1.54, 1.807) is 19.4 Å². The van der Waals surface area contributed by atoms with E-state index in [0.717, 1.165) is 0 Å². The van der Waals surface area contributed by atoms with Crippen LogP contribution in [0.5, 0.6) is 11.5 Å². The Bertz CT molecular complexity index is 732. The molecule has 0 fully saturated rings. The molecule has 1 N–H and O–H groups in total. The van der Waals surface area contributed by atoms with Crippen molar-refractivity contribution in [1.29, 1.82) is 0 Å². The summed E-state index contributed by atoms with van der Waals surface area (Å²) < 4.78 is 15.7. The second kappa shape index (κ2) is 10.4. The van der Waals surface area contributed by atoms with Crippen LogP contribution in [0, 0.1) is 0 Å². The zero-order valence-electron chi connectivity index (χ0n) is 14.8. The molecule has 0 spiro atoms. The smallest absolute Gasteiger partial charge is 0.311 e. The summed E-state index contributed by atoms with van der Waals surface area (Å²) in [5, 5.41) is 4.93. The number of carbonyl (C=O) groups excluding carboxylic acids is 2. The molecule has 140 valence electrons. The maximum Gasteiger partial charge on any atom is 0.311 e. The first-order chi connectivity index (χ1) is 12.6. The summed E-state index contributed by atoms with van der Waals surface area (Å²) >= 11 is 1.28. The highest BCUT2D eigenvalue weighted by Crippen LogP contribution is 2.25.